The van der Waals surface area contributed by atoms with Crippen LogP contribution in [-0.4, -0.2) is 93.4 Å². The molecule has 1 saturated carbocycles. The Balaban J connectivity index is 1.32. The average molecular weight is 561 g/mol. The summed E-state index contributed by atoms with van der Waals surface area (Å²) in [6.07, 6.45) is 4.49. The smallest absolute Gasteiger partial charge is 0.352 e. The number of furan rings is 1. The van der Waals surface area contributed by atoms with Gasteiger partial charge in [-0.15, -0.1) is 11.8 Å². The molecule has 12 nitrogen and oxygen atoms in total. The molecule has 4 aliphatic rings. The van der Waals surface area contributed by atoms with Crippen molar-refractivity contribution in [2.24, 2.45) is 11.1 Å². The Labute approximate surface area is 229 Å². The van der Waals surface area contributed by atoms with Gasteiger partial charge >= 0.3 is 5.97 Å². The molecule has 2 saturated heterocycles. The molecule has 39 heavy (non-hydrogen) atoms. The molecule has 0 spiro atoms. The number of thioether (sulfide) groups is 1. The lowest BCUT2D eigenvalue weighted by atomic mass is 9.80. The van der Waals surface area contributed by atoms with E-state index in [1.165, 1.54) is 35.1 Å². The number of likely N-dealkylation sites (tertiary alicyclic amines) is 1. The first-order valence-electron chi connectivity index (χ1n) is 13.1. The molecule has 13 heteroatoms. The van der Waals surface area contributed by atoms with Crippen LogP contribution in [0.15, 0.2) is 39.2 Å². The molecule has 5 rings (SSSR count). The van der Waals surface area contributed by atoms with Crippen LogP contribution >= 0.6 is 11.8 Å². The maximum atomic E-state index is 13.2. The monoisotopic (exact) mass is 560 g/mol. The van der Waals surface area contributed by atoms with E-state index in [1.54, 1.807) is 0 Å². The van der Waals surface area contributed by atoms with Crippen LogP contribution in [0, 0.1) is 5.92 Å². The largest absolute Gasteiger partial charge is 0.546 e. The van der Waals surface area contributed by atoms with E-state index in [9.17, 15) is 29.4 Å². The van der Waals surface area contributed by atoms with Crippen LogP contribution in [0.25, 0.3) is 0 Å². The summed E-state index contributed by atoms with van der Waals surface area (Å²) >= 11 is 1.41. The molecule has 0 bridgehead atoms. The first-order chi connectivity index (χ1) is 18.5. The predicted octanol–water partition coefficient (Wildman–Crippen LogP) is 0.288. The molecule has 210 valence electrons. The zero-order valence-electron chi connectivity index (χ0n) is 21.9. The minimum absolute atomic E-state index is 0.00337. The summed E-state index contributed by atoms with van der Waals surface area (Å²) in [6.45, 7) is 4.69. The summed E-state index contributed by atoms with van der Waals surface area (Å²) in [5, 5.41) is 27.4. The van der Waals surface area contributed by atoms with E-state index in [2.05, 4.69) is 24.4 Å². The average Bonchev–Trinajstić information content (AvgIpc) is 3.40. The van der Waals surface area contributed by atoms with Crippen LogP contribution in [-0.2, 0) is 24.0 Å². The van der Waals surface area contributed by atoms with E-state index in [1.807, 2.05) is 0 Å². The van der Waals surface area contributed by atoms with Crippen molar-refractivity contribution in [1.29, 1.82) is 0 Å². The topological polar surface area (TPSA) is 162 Å². The van der Waals surface area contributed by atoms with E-state index in [0.717, 1.165) is 36.0 Å². The van der Waals surface area contributed by atoms with Gasteiger partial charge in [0.2, 0.25) is 5.71 Å². The number of nitrogens with zero attached hydrogens (tertiary/aromatic N) is 3. The van der Waals surface area contributed by atoms with Crippen molar-refractivity contribution in [2.75, 3.05) is 32.4 Å². The molecule has 1 aliphatic carbocycles. The standard InChI is InChI=1S/C26H32N4O8S/c1-15-6-10-30(2,11-7-15)13-16-14-39-23-19(22(32)29(23)20(16)24(33)34)27-21(31)18(17-5-3-12-37-17)28-38-26(25(35)36)8-4-9-26/h3,5,12,15,19,23H,4,6-11,13-14H2,1-2H3,(H2-,27,31,33,34,35,36)/b28-18-/t15?,19-,23-,30?/m1/s1. The molecule has 2 amide bonds. The van der Waals surface area contributed by atoms with Crippen molar-refractivity contribution in [2.45, 2.75) is 56.0 Å². The number of carbonyl (C=O) groups excluding carboxylic acids is 3. The number of nitrogens with one attached hydrogen (secondary N) is 1. The van der Waals surface area contributed by atoms with Gasteiger partial charge in [0.25, 0.3) is 11.8 Å². The van der Waals surface area contributed by atoms with Gasteiger partial charge in [-0.3, -0.25) is 14.5 Å². The van der Waals surface area contributed by atoms with Gasteiger partial charge in [-0.2, -0.15) is 0 Å². The van der Waals surface area contributed by atoms with Gasteiger partial charge < -0.3 is 34.1 Å². The highest BCUT2D eigenvalue weighted by molar-refractivity contribution is 8.00. The van der Waals surface area contributed by atoms with Crippen molar-refractivity contribution in [3.05, 3.63) is 35.4 Å². The Morgan fingerprint density at radius 1 is 1.33 bits per heavy atom. The lowest BCUT2D eigenvalue weighted by Crippen LogP contribution is -2.71. The van der Waals surface area contributed by atoms with Gasteiger partial charge in [-0.05, 0) is 50.2 Å². The van der Waals surface area contributed by atoms with Crippen LogP contribution in [0.4, 0.5) is 0 Å². The van der Waals surface area contributed by atoms with Gasteiger partial charge in [-0.1, -0.05) is 12.1 Å². The Kier molecular flexibility index (Phi) is 7.23. The van der Waals surface area contributed by atoms with Crippen molar-refractivity contribution in [3.63, 3.8) is 0 Å². The molecule has 0 unspecified atom stereocenters. The number of rotatable bonds is 9. The Morgan fingerprint density at radius 2 is 2.05 bits per heavy atom. The van der Waals surface area contributed by atoms with E-state index < -0.39 is 40.8 Å². The normalized spacial score (nSPS) is 30.1. The molecule has 2 atom stereocenters. The van der Waals surface area contributed by atoms with Crippen molar-refractivity contribution in [1.82, 2.24) is 10.2 Å². The van der Waals surface area contributed by atoms with Crippen molar-refractivity contribution in [3.8, 4) is 0 Å². The van der Waals surface area contributed by atoms with Crippen molar-refractivity contribution < 1.29 is 43.1 Å². The number of hydrogen-bond donors (Lipinski definition) is 2. The third-order valence-corrected chi connectivity index (χ3v) is 9.59. The van der Waals surface area contributed by atoms with Crippen LogP contribution in [0.5, 0.6) is 0 Å². The highest BCUT2D eigenvalue weighted by atomic mass is 32.2. The lowest BCUT2D eigenvalue weighted by Gasteiger charge is -2.50. The van der Waals surface area contributed by atoms with Gasteiger partial charge in [0.1, 0.15) is 23.7 Å². The number of fused-ring (bicyclic) bond motifs is 1. The maximum absolute atomic E-state index is 13.2. The number of quaternary nitrogens is 1. The summed E-state index contributed by atoms with van der Waals surface area (Å²) < 4.78 is 6.03. The van der Waals surface area contributed by atoms with Crippen molar-refractivity contribution >= 4 is 41.2 Å². The fourth-order valence-electron chi connectivity index (χ4n) is 5.53. The molecule has 3 aliphatic heterocycles. The van der Waals surface area contributed by atoms with Crippen LogP contribution in [0.1, 0.15) is 44.8 Å². The van der Waals surface area contributed by atoms with Gasteiger partial charge in [0.05, 0.1) is 32.4 Å². The highest BCUT2D eigenvalue weighted by Gasteiger charge is 2.55. The second kappa shape index (κ2) is 10.3. The third-order valence-electron chi connectivity index (χ3n) is 8.25. The summed E-state index contributed by atoms with van der Waals surface area (Å²) in [5.41, 5.74) is -1.22. The minimum Gasteiger partial charge on any atom is -0.546 e. The van der Waals surface area contributed by atoms with E-state index >= 15 is 0 Å². The quantitative estimate of drug-likeness (QED) is 0.187. The van der Waals surface area contributed by atoms with Gasteiger partial charge in [0.15, 0.2) is 11.4 Å². The molecule has 2 N–H and O–H groups in total. The first kappa shape index (κ1) is 27.3. The molecule has 1 aromatic heterocycles. The van der Waals surface area contributed by atoms with E-state index in [-0.39, 0.29) is 30.0 Å². The van der Waals surface area contributed by atoms with Crippen LogP contribution < -0.4 is 10.4 Å². The third kappa shape index (κ3) is 5.05. The Morgan fingerprint density at radius 3 is 2.62 bits per heavy atom. The molecular formula is C26H32N4O8S. The Hall–Kier alpha value is -3.32. The SMILES string of the molecule is CC1CC[N+](C)(CC2=C(C(=O)O)N3C(=O)[C@@H](NC(=O)/C(=N\OC4(C(=O)[O-])CCC4)c4ccco4)[C@H]3SC2)CC1. The summed E-state index contributed by atoms with van der Waals surface area (Å²) in [7, 11) is 2.13. The summed E-state index contributed by atoms with van der Waals surface area (Å²) in [6, 6.07) is 2.00. The molecule has 3 fully saturated rings. The summed E-state index contributed by atoms with van der Waals surface area (Å²) in [5.74, 6) is -2.80. The zero-order valence-corrected chi connectivity index (χ0v) is 22.7. The maximum Gasteiger partial charge on any atom is 0.352 e. The number of amides is 2. The molecule has 0 radical (unpaired) electrons. The Bertz CT molecular complexity index is 1230. The van der Waals surface area contributed by atoms with Gasteiger partial charge in [-0.25, -0.2) is 4.79 Å². The molecule has 0 aromatic carbocycles. The lowest BCUT2D eigenvalue weighted by molar-refractivity contribution is -0.910. The van der Waals surface area contributed by atoms with E-state index in [4.69, 9.17) is 9.25 Å². The van der Waals surface area contributed by atoms with E-state index in [0.29, 0.717) is 24.6 Å². The first-order valence-corrected chi connectivity index (χ1v) is 14.1. The number of likely N-dealkylation sites (N-methyl/N-ethyl adjacent to an activating group) is 1. The highest BCUT2D eigenvalue weighted by Crippen LogP contribution is 2.41. The molecule has 1 aromatic rings. The minimum atomic E-state index is -1.61. The number of carbonyl (C=O) groups is 4. The number of carboxylic acids is 2. The summed E-state index contributed by atoms with van der Waals surface area (Å²) in [4.78, 5) is 56.8. The second-order valence-electron chi connectivity index (χ2n) is 11.2. The number of β-lactam (4-membered cyclic amide) rings is 1. The fraction of sp³-hybridized carbons (Fsp3) is 0.577. The number of carboxylic acid groups (broad SMARTS) is 2. The van der Waals surface area contributed by atoms with Crippen LogP contribution in [0.2, 0.25) is 0 Å². The second-order valence-corrected chi connectivity index (χ2v) is 12.3. The predicted molar refractivity (Wildman–Crippen MR) is 137 cm³/mol. The van der Waals surface area contributed by atoms with Gasteiger partial charge in [0, 0.05) is 11.3 Å². The molecular weight excluding hydrogens is 528 g/mol. The number of aliphatic carboxylic acids is 2. The fourth-order valence-corrected chi connectivity index (χ4v) is 6.86. The van der Waals surface area contributed by atoms with Crippen LogP contribution in [0.3, 0.4) is 0 Å². The molecule has 4 heterocycles. The number of oxime groups is 1. The zero-order chi connectivity index (χ0) is 27.9. The number of hydrogen-bond acceptors (Lipinski definition) is 9. The number of piperidine rings is 1.